The number of ether oxygens (including phenoxy) is 1. The maximum Gasteiger partial charge on any atom is 0.251 e. The largest absolute Gasteiger partial charge is 0.383 e. The molecule has 1 rings (SSSR count). The van der Waals surface area contributed by atoms with Gasteiger partial charge >= 0.3 is 0 Å². The highest BCUT2D eigenvalue weighted by Gasteiger charge is 2.08. The Hall–Kier alpha value is -1.59. The minimum absolute atomic E-state index is 0.0422. The quantitative estimate of drug-likeness (QED) is 0.804. The zero-order chi connectivity index (χ0) is 15.0. The van der Waals surface area contributed by atoms with Crippen molar-refractivity contribution in [2.45, 2.75) is 19.4 Å². The van der Waals surface area contributed by atoms with E-state index in [1.807, 2.05) is 6.92 Å². The first kappa shape index (κ1) is 16.5. The molecule has 0 aliphatic rings. The molecule has 0 radical (unpaired) electrons. The number of methoxy groups -OCH3 is 1. The molecule has 0 aliphatic carbocycles. The van der Waals surface area contributed by atoms with Gasteiger partial charge in [0.05, 0.1) is 6.61 Å². The van der Waals surface area contributed by atoms with Crippen LogP contribution in [0.5, 0.6) is 0 Å². The number of carbonyl (C=O) groups excluding carboxylic acids is 2. The highest BCUT2D eigenvalue weighted by atomic mass is 35.5. The first-order valence-corrected chi connectivity index (χ1v) is 6.72. The van der Waals surface area contributed by atoms with Gasteiger partial charge in [-0.2, -0.15) is 0 Å². The molecule has 0 fully saturated rings. The summed E-state index contributed by atoms with van der Waals surface area (Å²) in [5.74, 6) is -0.342. The number of hydrogen-bond acceptors (Lipinski definition) is 3. The molecule has 0 aromatic heterocycles. The maximum absolute atomic E-state index is 11.8. The second-order valence-electron chi connectivity index (χ2n) is 4.44. The van der Waals surface area contributed by atoms with Gasteiger partial charge in [-0.15, -0.1) is 0 Å². The lowest BCUT2D eigenvalue weighted by Crippen LogP contribution is -2.37. The molecule has 5 nitrogen and oxygen atoms in total. The molecule has 2 amide bonds. The summed E-state index contributed by atoms with van der Waals surface area (Å²) in [5.41, 5.74) is 0.516. The van der Waals surface area contributed by atoms with E-state index in [0.29, 0.717) is 17.2 Å². The van der Waals surface area contributed by atoms with Crippen LogP contribution < -0.4 is 10.6 Å². The van der Waals surface area contributed by atoms with Crippen molar-refractivity contribution in [1.82, 2.24) is 10.6 Å². The van der Waals surface area contributed by atoms with E-state index in [4.69, 9.17) is 16.3 Å². The zero-order valence-electron chi connectivity index (χ0n) is 11.6. The van der Waals surface area contributed by atoms with Crippen molar-refractivity contribution in [3.05, 3.63) is 34.9 Å². The summed E-state index contributed by atoms with van der Waals surface area (Å²) in [7, 11) is 1.58. The van der Waals surface area contributed by atoms with Crippen LogP contribution in [0, 0.1) is 0 Å². The molecule has 6 heteroatoms. The van der Waals surface area contributed by atoms with Crippen LogP contribution in [0.25, 0.3) is 0 Å². The van der Waals surface area contributed by atoms with Crippen molar-refractivity contribution in [1.29, 1.82) is 0 Å². The third-order valence-corrected chi connectivity index (χ3v) is 2.82. The van der Waals surface area contributed by atoms with Crippen LogP contribution in [0.1, 0.15) is 23.7 Å². The molecule has 0 unspecified atom stereocenters. The second-order valence-corrected chi connectivity index (χ2v) is 4.87. The summed E-state index contributed by atoms with van der Waals surface area (Å²) in [6.45, 7) is 2.60. The van der Waals surface area contributed by atoms with Gasteiger partial charge in [-0.05, 0) is 31.2 Å². The van der Waals surface area contributed by atoms with Crippen LogP contribution in [0.4, 0.5) is 0 Å². The van der Waals surface area contributed by atoms with Gasteiger partial charge in [0.25, 0.3) is 5.91 Å². The fraction of sp³-hybridized carbons (Fsp3) is 0.429. The van der Waals surface area contributed by atoms with Gasteiger partial charge in [0, 0.05) is 36.7 Å². The van der Waals surface area contributed by atoms with Gasteiger partial charge in [-0.3, -0.25) is 9.59 Å². The van der Waals surface area contributed by atoms with Crippen LogP contribution in [0.15, 0.2) is 24.3 Å². The summed E-state index contributed by atoms with van der Waals surface area (Å²) in [6, 6.07) is 6.53. The fourth-order valence-electron chi connectivity index (χ4n) is 1.63. The molecule has 20 heavy (non-hydrogen) atoms. The summed E-state index contributed by atoms with van der Waals surface area (Å²) in [5, 5.41) is 6.03. The van der Waals surface area contributed by atoms with E-state index in [9.17, 15) is 9.59 Å². The van der Waals surface area contributed by atoms with Crippen LogP contribution in [0.3, 0.4) is 0 Å². The summed E-state index contributed by atoms with van der Waals surface area (Å²) in [6.07, 6.45) is 0.230. The van der Waals surface area contributed by atoms with E-state index in [-0.39, 0.29) is 30.8 Å². The Morgan fingerprint density at radius 2 is 1.95 bits per heavy atom. The lowest BCUT2D eigenvalue weighted by molar-refractivity contribution is -0.121. The fourth-order valence-corrected chi connectivity index (χ4v) is 1.76. The summed E-state index contributed by atoms with van der Waals surface area (Å²) in [4.78, 5) is 23.3. The lowest BCUT2D eigenvalue weighted by Gasteiger charge is -2.12. The zero-order valence-corrected chi connectivity index (χ0v) is 12.4. The SMILES string of the molecule is COC[C@H](C)NC(=O)CCNC(=O)c1ccc(Cl)cc1. The Morgan fingerprint density at radius 3 is 2.55 bits per heavy atom. The Bertz CT molecular complexity index is 448. The molecule has 0 spiro atoms. The number of halogens is 1. The van der Waals surface area contributed by atoms with Crippen molar-refractivity contribution in [3.8, 4) is 0 Å². The van der Waals surface area contributed by atoms with Gasteiger partial charge in [0.1, 0.15) is 0 Å². The van der Waals surface area contributed by atoms with E-state index in [2.05, 4.69) is 10.6 Å². The first-order chi connectivity index (χ1) is 9.52. The average molecular weight is 299 g/mol. The van der Waals surface area contributed by atoms with Gasteiger partial charge in [-0.25, -0.2) is 0 Å². The molecule has 2 N–H and O–H groups in total. The van der Waals surface area contributed by atoms with Crippen molar-refractivity contribution in [2.24, 2.45) is 0 Å². The molecule has 1 atom stereocenters. The van der Waals surface area contributed by atoms with Gasteiger partial charge < -0.3 is 15.4 Å². The highest BCUT2D eigenvalue weighted by Crippen LogP contribution is 2.09. The Labute approximate surface area is 123 Å². The van der Waals surface area contributed by atoms with Crippen molar-refractivity contribution in [2.75, 3.05) is 20.3 Å². The molecular weight excluding hydrogens is 280 g/mol. The van der Waals surface area contributed by atoms with Crippen LogP contribution in [-0.2, 0) is 9.53 Å². The Kier molecular flexibility index (Phi) is 7.04. The molecule has 1 aromatic rings. The minimum atomic E-state index is -0.223. The van der Waals surface area contributed by atoms with Crippen molar-refractivity contribution >= 4 is 23.4 Å². The minimum Gasteiger partial charge on any atom is -0.383 e. The Morgan fingerprint density at radius 1 is 1.30 bits per heavy atom. The third kappa shape index (κ3) is 6.04. The molecule has 0 saturated heterocycles. The second kappa shape index (κ2) is 8.55. The van der Waals surface area contributed by atoms with E-state index in [0.717, 1.165) is 0 Å². The number of carbonyl (C=O) groups is 2. The van der Waals surface area contributed by atoms with Crippen LogP contribution >= 0.6 is 11.6 Å². The molecule has 0 aliphatic heterocycles. The molecule has 0 heterocycles. The van der Waals surface area contributed by atoms with Gasteiger partial charge in [0.15, 0.2) is 0 Å². The van der Waals surface area contributed by atoms with Crippen molar-refractivity contribution < 1.29 is 14.3 Å². The number of rotatable bonds is 7. The topological polar surface area (TPSA) is 67.4 Å². The number of amides is 2. The predicted octanol–water partition coefficient (Wildman–Crippen LogP) is 1.61. The molecular formula is C14H19ClN2O3. The van der Waals surface area contributed by atoms with E-state index >= 15 is 0 Å². The molecule has 0 saturated carbocycles. The van der Waals surface area contributed by atoms with Crippen LogP contribution in [0.2, 0.25) is 5.02 Å². The maximum atomic E-state index is 11.8. The standard InChI is InChI=1S/C14H19ClN2O3/c1-10(9-20-2)17-13(18)7-8-16-14(19)11-3-5-12(15)6-4-11/h3-6,10H,7-9H2,1-2H3,(H,16,19)(H,17,18)/t10-/m0/s1. The number of nitrogens with one attached hydrogen (secondary N) is 2. The number of hydrogen-bond donors (Lipinski definition) is 2. The highest BCUT2D eigenvalue weighted by molar-refractivity contribution is 6.30. The third-order valence-electron chi connectivity index (χ3n) is 2.57. The molecule has 110 valence electrons. The Balaban J connectivity index is 2.28. The lowest BCUT2D eigenvalue weighted by atomic mass is 10.2. The smallest absolute Gasteiger partial charge is 0.251 e. The van der Waals surface area contributed by atoms with Crippen LogP contribution in [-0.4, -0.2) is 38.1 Å². The molecule has 0 bridgehead atoms. The summed E-state index contributed by atoms with van der Waals surface area (Å²) < 4.78 is 4.92. The van der Waals surface area contributed by atoms with Crippen molar-refractivity contribution in [3.63, 3.8) is 0 Å². The van der Waals surface area contributed by atoms with E-state index in [1.54, 1.807) is 31.4 Å². The first-order valence-electron chi connectivity index (χ1n) is 6.35. The molecule has 1 aromatic carbocycles. The monoisotopic (exact) mass is 298 g/mol. The summed E-state index contributed by atoms with van der Waals surface area (Å²) >= 11 is 5.74. The normalized spacial score (nSPS) is 11.8. The predicted molar refractivity (Wildman–Crippen MR) is 77.9 cm³/mol. The average Bonchev–Trinajstić information content (AvgIpc) is 2.39. The number of benzene rings is 1. The van der Waals surface area contributed by atoms with Gasteiger partial charge in [0.2, 0.25) is 5.91 Å². The van der Waals surface area contributed by atoms with E-state index < -0.39 is 0 Å². The van der Waals surface area contributed by atoms with E-state index in [1.165, 1.54) is 0 Å². The van der Waals surface area contributed by atoms with Gasteiger partial charge in [-0.1, -0.05) is 11.6 Å².